The van der Waals surface area contributed by atoms with Crippen molar-refractivity contribution in [3.63, 3.8) is 0 Å². The maximum Gasteiger partial charge on any atom is 0.245 e. The smallest absolute Gasteiger partial charge is 0.245 e. The fourth-order valence-corrected chi connectivity index (χ4v) is 4.84. The number of hydrogen-bond donors (Lipinski definition) is 1. The normalized spacial score (nSPS) is 28.7. The Morgan fingerprint density at radius 2 is 1.65 bits per heavy atom. The van der Waals surface area contributed by atoms with Crippen LogP contribution >= 0.6 is 0 Å². The minimum Gasteiger partial charge on any atom is -0.341 e. The molecule has 3 fully saturated rings. The van der Waals surface area contributed by atoms with Crippen molar-refractivity contribution in [3.05, 3.63) is 35.9 Å². The molecule has 3 atom stereocenters. The van der Waals surface area contributed by atoms with Gasteiger partial charge in [-0.1, -0.05) is 30.3 Å². The number of benzene rings is 1. The Hall–Kier alpha value is -1.88. The quantitative estimate of drug-likeness (QED) is 0.898. The molecule has 26 heavy (non-hydrogen) atoms. The number of amides is 2. The highest BCUT2D eigenvalue weighted by molar-refractivity contribution is 5.89. The maximum atomic E-state index is 13.2. The van der Waals surface area contributed by atoms with Crippen LogP contribution in [0, 0.1) is 11.8 Å². The van der Waals surface area contributed by atoms with E-state index >= 15 is 0 Å². The van der Waals surface area contributed by atoms with Crippen molar-refractivity contribution in [2.45, 2.75) is 38.1 Å². The fraction of sp³-hybridized carbons (Fsp3) is 0.619. The summed E-state index contributed by atoms with van der Waals surface area (Å²) in [5.41, 5.74) is 1.02. The van der Waals surface area contributed by atoms with Crippen LogP contribution < -0.4 is 5.32 Å². The molecular formula is C21H29N3O2. The fourth-order valence-electron chi connectivity index (χ4n) is 4.84. The molecule has 3 heterocycles. The second-order valence-electron chi connectivity index (χ2n) is 7.99. The van der Waals surface area contributed by atoms with Gasteiger partial charge in [0, 0.05) is 19.6 Å². The first-order chi connectivity index (χ1) is 12.7. The molecule has 3 saturated heterocycles. The van der Waals surface area contributed by atoms with Crippen LogP contribution in [0.3, 0.4) is 0 Å². The van der Waals surface area contributed by atoms with Gasteiger partial charge in [-0.15, -0.1) is 0 Å². The van der Waals surface area contributed by atoms with Crippen molar-refractivity contribution in [2.24, 2.45) is 11.8 Å². The molecule has 5 heteroatoms. The summed E-state index contributed by atoms with van der Waals surface area (Å²) in [6.07, 6.45) is 4.31. The Morgan fingerprint density at radius 1 is 0.962 bits per heavy atom. The molecule has 2 amide bonds. The van der Waals surface area contributed by atoms with Crippen LogP contribution in [0.4, 0.5) is 0 Å². The number of likely N-dealkylation sites (tertiary alicyclic amines) is 2. The van der Waals surface area contributed by atoms with Crippen molar-refractivity contribution in [3.8, 4) is 0 Å². The standard InChI is InChI=1S/C21H29N3O2/c25-20(13-16-5-2-1-3-6-16)24-10-4-7-19(24)21(26)23-11-8-17-14-22-15-18(17)9-12-23/h1-3,5-6,17-19,22H,4,7-15H2/t17-,18+,19?. The monoisotopic (exact) mass is 355 g/mol. The van der Waals surface area contributed by atoms with E-state index < -0.39 is 0 Å². The molecule has 3 aliphatic heterocycles. The number of carbonyl (C=O) groups is 2. The number of nitrogens with one attached hydrogen (secondary N) is 1. The van der Waals surface area contributed by atoms with Crippen LogP contribution in [0.15, 0.2) is 30.3 Å². The first-order valence-corrected chi connectivity index (χ1v) is 10.1. The zero-order chi connectivity index (χ0) is 17.9. The van der Waals surface area contributed by atoms with E-state index in [1.165, 1.54) is 0 Å². The summed E-state index contributed by atoms with van der Waals surface area (Å²) in [6, 6.07) is 9.58. The predicted octanol–water partition coefficient (Wildman–Crippen LogP) is 1.68. The molecule has 0 spiro atoms. The number of nitrogens with zero attached hydrogens (tertiary/aromatic N) is 2. The van der Waals surface area contributed by atoms with E-state index in [4.69, 9.17) is 0 Å². The molecule has 140 valence electrons. The molecule has 4 rings (SSSR count). The number of carbonyl (C=O) groups excluding carboxylic acids is 2. The van der Waals surface area contributed by atoms with E-state index in [1.807, 2.05) is 40.1 Å². The van der Waals surface area contributed by atoms with E-state index in [1.54, 1.807) is 0 Å². The molecule has 1 aromatic carbocycles. The molecule has 5 nitrogen and oxygen atoms in total. The molecular weight excluding hydrogens is 326 g/mol. The van der Waals surface area contributed by atoms with E-state index in [9.17, 15) is 9.59 Å². The van der Waals surface area contributed by atoms with Crippen LogP contribution in [0.5, 0.6) is 0 Å². The van der Waals surface area contributed by atoms with Gasteiger partial charge in [-0.3, -0.25) is 9.59 Å². The molecule has 1 N–H and O–H groups in total. The highest BCUT2D eigenvalue weighted by Crippen LogP contribution is 2.29. The van der Waals surface area contributed by atoms with Gasteiger partial charge in [-0.25, -0.2) is 0 Å². The van der Waals surface area contributed by atoms with Crippen LogP contribution in [0.25, 0.3) is 0 Å². The van der Waals surface area contributed by atoms with Crippen LogP contribution in [-0.2, 0) is 16.0 Å². The van der Waals surface area contributed by atoms with E-state index in [0.29, 0.717) is 24.8 Å². The molecule has 1 unspecified atom stereocenters. The minimum absolute atomic E-state index is 0.0861. The molecule has 3 aliphatic rings. The topological polar surface area (TPSA) is 52.7 Å². The van der Waals surface area contributed by atoms with Crippen molar-refractivity contribution in [1.29, 1.82) is 0 Å². The molecule has 0 aromatic heterocycles. The molecule has 1 aromatic rings. The Balaban J connectivity index is 1.39. The summed E-state index contributed by atoms with van der Waals surface area (Å²) < 4.78 is 0. The van der Waals surface area contributed by atoms with Gasteiger partial charge in [0.25, 0.3) is 0 Å². The number of rotatable bonds is 3. The van der Waals surface area contributed by atoms with Crippen molar-refractivity contribution in [2.75, 3.05) is 32.7 Å². The van der Waals surface area contributed by atoms with Gasteiger partial charge in [0.2, 0.25) is 11.8 Å². The molecule has 0 radical (unpaired) electrons. The van der Waals surface area contributed by atoms with Crippen molar-refractivity contribution >= 4 is 11.8 Å². The number of fused-ring (bicyclic) bond motifs is 1. The summed E-state index contributed by atoms with van der Waals surface area (Å²) >= 11 is 0. The molecule has 0 saturated carbocycles. The lowest BCUT2D eigenvalue weighted by Gasteiger charge is -2.30. The Labute approximate surface area is 155 Å². The summed E-state index contributed by atoms with van der Waals surface area (Å²) in [6.45, 7) is 4.60. The van der Waals surface area contributed by atoms with Crippen LogP contribution in [0.2, 0.25) is 0 Å². The lowest BCUT2D eigenvalue weighted by molar-refractivity contribution is -0.143. The Morgan fingerprint density at radius 3 is 2.35 bits per heavy atom. The van der Waals surface area contributed by atoms with Gasteiger partial charge in [0.15, 0.2) is 0 Å². The largest absolute Gasteiger partial charge is 0.341 e. The van der Waals surface area contributed by atoms with E-state index in [0.717, 1.165) is 57.4 Å². The van der Waals surface area contributed by atoms with Gasteiger partial charge < -0.3 is 15.1 Å². The lowest BCUT2D eigenvalue weighted by Crippen LogP contribution is -2.48. The molecule has 0 aliphatic carbocycles. The third-order valence-corrected chi connectivity index (χ3v) is 6.39. The minimum atomic E-state index is -0.248. The summed E-state index contributed by atoms with van der Waals surface area (Å²) in [4.78, 5) is 29.8. The predicted molar refractivity (Wildman–Crippen MR) is 101 cm³/mol. The zero-order valence-corrected chi connectivity index (χ0v) is 15.4. The van der Waals surface area contributed by atoms with Gasteiger partial charge in [-0.05, 0) is 56.2 Å². The van der Waals surface area contributed by atoms with Gasteiger partial charge in [0.1, 0.15) is 6.04 Å². The lowest BCUT2D eigenvalue weighted by atomic mass is 9.92. The van der Waals surface area contributed by atoms with Crippen molar-refractivity contribution < 1.29 is 9.59 Å². The van der Waals surface area contributed by atoms with Crippen molar-refractivity contribution in [1.82, 2.24) is 15.1 Å². The molecule has 0 bridgehead atoms. The summed E-state index contributed by atoms with van der Waals surface area (Å²) in [5.74, 6) is 1.69. The average molecular weight is 355 g/mol. The third kappa shape index (κ3) is 3.63. The van der Waals surface area contributed by atoms with Gasteiger partial charge in [0.05, 0.1) is 6.42 Å². The average Bonchev–Trinajstić information content (AvgIpc) is 3.28. The summed E-state index contributed by atoms with van der Waals surface area (Å²) in [7, 11) is 0. The summed E-state index contributed by atoms with van der Waals surface area (Å²) in [5, 5.41) is 3.48. The first-order valence-electron chi connectivity index (χ1n) is 10.1. The Bertz CT molecular complexity index is 634. The highest BCUT2D eigenvalue weighted by atomic mass is 16.2. The SMILES string of the molecule is O=C(C1CCCN1C(=O)Cc1ccccc1)N1CC[C@@H]2CNC[C@@H]2CC1. The second-order valence-corrected chi connectivity index (χ2v) is 7.99. The second kappa shape index (κ2) is 7.78. The number of hydrogen-bond acceptors (Lipinski definition) is 3. The Kier molecular flexibility index (Phi) is 5.25. The van der Waals surface area contributed by atoms with Crippen LogP contribution in [0.1, 0.15) is 31.2 Å². The van der Waals surface area contributed by atoms with E-state index in [-0.39, 0.29) is 17.9 Å². The first kappa shape index (κ1) is 17.5. The zero-order valence-electron chi connectivity index (χ0n) is 15.4. The highest BCUT2D eigenvalue weighted by Gasteiger charge is 2.38. The third-order valence-electron chi connectivity index (χ3n) is 6.39. The van der Waals surface area contributed by atoms with E-state index in [2.05, 4.69) is 5.32 Å². The maximum absolute atomic E-state index is 13.2. The van der Waals surface area contributed by atoms with Gasteiger partial charge >= 0.3 is 0 Å². The van der Waals surface area contributed by atoms with Gasteiger partial charge in [-0.2, -0.15) is 0 Å². The van der Waals surface area contributed by atoms with Crippen LogP contribution in [-0.4, -0.2) is 60.4 Å².